The third-order valence-corrected chi connectivity index (χ3v) is 1.78. The van der Waals surface area contributed by atoms with Gasteiger partial charge in [0.05, 0.1) is 0 Å². The van der Waals surface area contributed by atoms with Gasteiger partial charge in [-0.05, 0) is 13.3 Å². The van der Waals surface area contributed by atoms with Gasteiger partial charge >= 0.3 is 5.97 Å². The SMILES string of the molecule is CC(=O)C(N)(CCC(N)=O)C(=O)O. The van der Waals surface area contributed by atoms with Crippen LogP contribution >= 0.6 is 0 Å². The van der Waals surface area contributed by atoms with Gasteiger partial charge in [0, 0.05) is 6.42 Å². The van der Waals surface area contributed by atoms with Crippen LogP contribution in [-0.2, 0) is 14.4 Å². The predicted molar refractivity (Wildman–Crippen MR) is 43.7 cm³/mol. The van der Waals surface area contributed by atoms with Crippen molar-refractivity contribution in [3.05, 3.63) is 0 Å². The number of primary amides is 1. The molecule has 1 unspecified atom stereocenters. The van der Waals surface area contributed by atoms with Crippen molar-refractivity contribution in [1.82, 2.24) is 0 Å². The molecule has 0 heterocycles. The molecule has 74 valence electrons. The van der Waals surface area contributed by atoms with Crippen molar-refractivity contribution in [1.29, 1.82) is 0 Å². The third kappa shape index (κ3) is 2.83. The molecular weight excluding hydrogens is 176 g/mol. The number of carboxylic acid groups (broad SMARTS) is 1. The number of amides is 1. The first-order valence-corrected chi connectivity index (χ1v) is 3.62. The van der Waals surface area contributed by atoms with Gasteiger partial charge in [-0.1, -0.05) is 0 Å². The zero-order valence-corrected chi connectivity index (χ0v) is 7.24. The number of hydrogen-bond acceptors (Lipinski definition) is 4. The maximum absolute atomic E-state index is 10.9. The van der Waals surface area contributed by atoms with Crippen molar-refractivity contribution < 1.29 is 19.5 Å². The number of rotatable bonds is 5. The highest BCUT2D eigenvalue weighted by Gasteiger charge is 2.39. The zero-order chi connectivity index (χ0) is 10.6. The molecule has 0 aromatic heterocycles. The largest absolute Gasteiger partial charge is 0.480 e. The second kappa shape index (κ2) is 3.99. The molecule has 0 saturated carbocycles. The van der Waals surface area contributed by atoms with Crippen molar-refractivity contribution in [2.24, 2.45) is 11.5 Å². The molecule has 5 N–H and O–H groups in total. The molecule has 0 rings (SSSR count). The van der Waals surface area contributed by atoms with E-state index in [1.807, 2.05) is 0 Å². The number of ketones is 1. The summed E-state index contributed by atoms with van der Waals surface area (Å²) in [6.07, 6.45) is -0.491. The van der Waals surface area contributed by atoms with Crippen LogP contribution in [0.3, 0.4) is 0 Å². The molecule has 0 fully saturated rings. The van der Waals surface area contributed by atoms with E-state index in [0.717, 1.165) is 6.92 Å². The Morgan fingerprint density at radius 2 is 1.85 bits per heavy atom. The molecule has 0 saturated heterocycles. The van der Waals surface area contributed by atoms with E-state index < -0.39 is 23.2 Å². The van der Waals surface area contributed by atoms with Crippen molar-refractivity contribution in [3.8, 4) is 0 Å². The van der Waals surface area contributed by atoms with Crippen LogP contribution in [0.5, 0.6) is 0 Å². The number of carbonyl (C=O) groups excluding carboxylic acids is 2. The molecule has 0 aromatic rings. The maximum atomic E-state index is 10.9. The molecule has 0 radical (unpaired) electrons. The molecule has 0 aliphatic rings. The minimum absolute atomic E-state index is 0.220. The lowest BCUT2D eigenvalue weighted by molar-refractivity contribution is -0.148. The van der Waals surface area contributed by atoms with Crippen molar-refractivity contribution >= 4 is 17.7 Å². The van der Waals surface area contributed by atoms with Crippen LogP contribution in [0.2, 0.25) is 0 Å². The van der Waals surface area contributed by atoms with E-state index in [9.17, 15) is 14.4 Å². The number of aliphatic carboxylic acids is 1. The number of nitrogens with two attached hydrogens (primary N) is 2. The molecule has 6 nitrogen and oxygen atoms in total. The molecule has 1 amide bonds. The second-order valence-electron chi connectivity index (χ2n) is 2.80. The lowest BCUT2D eigenvalue weighted by Crippen LogP contribution is -2.54. The summed E-state index contributed by atoms with van der Waals surface area (Å²) in [7, 11) is 0. The minimum Gasteiger partial charge on any atom is -0.480 e. The van der Waals surface area contributed by atoms with Crippen molar-refractivity contribution in [3.63, 3.8) is 0 Å². The lowest BCUT2D eigenvalue weighted by atomic mass is 9.90. The zero-order valence-electron chi connectivity index (χ0n) is 7.24. The van der Waals surface area contributed by atoms with Gasteiger partial charge in [-0.15, -0.1) is 0 Å². The van der Waals surface area contributed by atoms with Crippen LogP contribution < -0.4 is 11.5 Å². The van der Waals surface area contributed by atoms with Gasteiger partial charge in [-0.2, -0.15) is 0 Å². The fraction of sp³-hybridized carbons (Fsp3) is 0.571. The van der Waals surface area contributed by atoms with E-state index >= 15 is 0 Å². The van der Waals surface area contributed by atoms with Gasteiger partial charge in [0.2, 0.25) is 5.91 Å². The Morgan fingerprint density at radius 1 is 1.38 bits per heavy atom. The van der Waals surface area contributed by atoms with Crippen LogP contribution in [0.25, 0.3) is 0 Å². The summed E-state index contributed by atoms with van der Waals surface area (Å²) >= 11 is 0. The van der Waals surface area contributed by atoms with Crippen molar-refractivity contribution in [2.75, 3.05) is 0 Å². The Kier molecular flexibility index (Phi) is 3.55. The Labute approximate surface area is 74.9 Å². The van der Waals surface area contributed by atoms with E-state index in [4.69, 9.17) is 16.6 Å². The standard InChI is InChI=1S/C7H12N2O4/c1-4(10)7(9,6(12)13)3-2-5(8)11/h2-3,9H2,1H3,(H2,8,11)(H,12,13). The second-order valence-corrected chi connectivity index (χ2v) is 2.80. The van der Waals surface area contributed by atoms with E-state index in [0.29, 0.717) is 0 Å². The van der Waals surface area contributed by atoms with Gasteiger partial charge in [0.15, 0.2) is 11.3 Å². The molecule has 1 atom stereocenters. The number of Topliss-reactive ketones (excluding diaryl/α,β-unsaturated/α-hetero) is 1. The lowest BCUT2D eigenvalue weighted by Gasteiger charge is -2.20. The van der Waals surface area contributed by atoms with Crippen LogP contribution in [0.1, 0.15) is 19.8 Å². The molecule has 0 aliphatic heterocycles. The maximum Gasteiger partial charge on any atom is 0.331 e. The topological polar surface area (TPSA) is 123 Å². The third-order valence-electron chi connectivity index (χ3n) is 1.78. The van der Waals surface area contributed by atoms with E-state index in [2.05, 4.69) is 0 Å². The van der Waals surface area contributed by atoms with Gasteiger partial charge < -0.3 is 16.6 Å². The normalized spacial score (nSPS) is 14.6. The van der Waals surface area contributed by atoms with Gasteiger partial charge in [-0.25, -0.2) is 4.79 Å². The highest BCUT2D eigenvalue weighted by Crippen LogP contribution is 2.11. The van der Waals surface area contributed by atoms with Crippen molar-refractivity contribution in [2.45, 2.75) is 25.3 Å². The molecule has 13 heavy (non-hydrogen) atoms. The summed E-state index contributed by atoms with van der Waals surface area (Å²) in [6.45, 7) is 1.06. The highest BCUT2D eigenvalue weighted by molar-refractivity contribution is 6.06. The Morgan fingerprint density at radius 3 is 2.08 bits per heavy atom. The molecule has 0 spiro atoms. The summed E-state index contributed by atoms with van der Waals surface area (Å²) in [4.78, 5) is 31.8. The summed E-state index contributed by atoms with van der Waals surface area (Å²) in [5.74, 6) is -2.82. The average Bonchev–Trinajstić information content (AvgIpc) is 1.99. The van der Waals surface area contributed by atoms with Crippen LogP contribution in [-0.4, -0.2) is 28.3 Å². The molecule has 0 bridgehead atoms. The quantitative estimate of drug-likeness (QED) is 0.459. The summed E-state index contributed by atoms with van der Waals surface area (Å²) in [5.41, 5.74) is 8.09. The van der Waals surface area contributed by atoms with E-state index in [1.165, 1.54) is 0 Å². The summed E-state index contributed by atoms with van der Waals surface area (Å²) in [6, 6.07) is 0. The predicted octanol–water partition coefficient (Wildman–Crippen LogP) is -1.38. The number of carbonyl (C=O) groups is 3. The van der Waals surface area contributed by atoms with E-state index in [-0.39, 0.29) is 12.8 Å². The van der Waals surface area contributed by atoms with Crippen LogP contribution in [0, 0.1) is 0 Å². The fourth-order valence-electron chi connectivity index (χ4n) is 0.754. The number of hydrogen-bond donors (Lipinski definition) is 3. The molecular formula is C7H12N2O4. The molecule has 0 aliphatic carbocycles. The monoisotopic (exact) mass is 188 g/mol. The van der Waals surface area contributed by atoms with Gasteiger partial charge in [0.1, 0.15) is 0 Å². The van der Waals surface area contributed by atoms with Gasteiger partial charge in [0.25, 0.3) is 0 Å². The van der Waals surface area contributed by atoms with E-state index in [1.54, 1.807) is 0 Å². The average molecular weight is 188 g/mol. The smallest absolute Gasteiger partial charge is 0.331 e. The summed E-state index contributed by atoms with van der Waals surface area (Å²) in [5, 5.41) is 8.62. The first kappa shape index (κ1) is 11.6. The first-order chi connectivity index (χ1) is 5.80. The Hall–Kier alpha value is -1.43. The summed E-state index contributed by atoms with van der Waals surface area (Å²) < 4.78 is 0. The van der Waals surface area contributed by atoms with Gasteiger partial charge in [-0.3, -0.25) is 9.59 Å². The first-order valence-electron chi connectivity index (χ1n) is 3.62. The fourth-order valence-corrected chi connectivity index (χ4v) is 0.754. The Balaban J connectivity index is 4.52. The minimum atomic E-state index is -1.99. The Bertz CT molecular complexity index is 235. The number of carboxylic acids is 1. The van der Waals surface area contributed by atoms with Crippen LogP contribution in [0.15, 0.2) is 0 Å². The highest BCUT2D eigenvalue weighted by atomic mass is 16.4. The van der Waals surface area contributed by atoms with Crippen LogP contribution in [0.4, 0.5) is 0 Å². The molecule has 0 aromatic carbocycles. The molecule has 6 heteroatoms.